The quantitative estimate of drug-likeness (QED) is 0.0428. The fourth-order valence-electron chi connectivity index (χ4n) is 6.52. The van der Waals surface area contributed by atoms with Crippen LogP contribution in [0.5, 0.6) is 0 Å². The van der Waals surface area contributed by atoms with Crippen molar-refractivity contribution < 1.29 is 25.2 Å². The maximum absolute atomic E-state index is 12.5. The zero-order valence-corrected chi connectivity index (χ0v) is 30.8. The van der Waals surface area contributed by atoms with Crippen molar-refractivity contribution >= 4 is 5.91 Å². The molecule has 6 heteroatoms. The van der Waals surface area contributed by atoms with E-state index in [1.165, 1.54) is 154 Å². The van der Waals surface area contributed by atoms with Crippen LogP contribution in [0.15, 0.2) is 0 Å². The lowest BCUT2D eigenvalue weighted by Crippen LogP contribution is -2.53. The van der Waals surface area contributed by atoms with Gasteiger partial charge < -0.3 is 25.7 Å². The maximum atomic E-state index is 12.5. The van der Waals surface area contributed by atoms with E-state index in [4.69, 9.17) is 0 Å². The number of amides is 1. The molecule has 276 valence electrons. The SMILES string of the molecule is CCCCCCCCCCCCCCCCCC(O)C(=O)NC(CO)C(O)C(O)CCCCCCCCCCCCCCCCC. The van der Waals surface area contributed by atoms with Crippen LogP contribution in [0.1, 0.15) is 219 Å². The topological polar surface area (TPSA) is 110 Å². The summed E-state index contributed by atoms with van der Waals surface area (Å²) in [5, 5.41) is 43.6. The van der Waals surface area contributed by atoms with Crippen LogP contribution < -0.4 is 5.32 Å². The third kappa shape index (κ3) is 29.4. The Balaban J connectivity index is 3.74. The van der Waals surface area contributed by atoms with E-state index in [1.54, 1.807) is 0 Å². The Kier molecular flexibility index (Phi) is 35.1. The van der Waals surface area contributed by atoms with Gasteiger partial charge in [-0.3, -0.25) is 4.79 Å². The van der Waals surface area contributed by atoms with Crippen LogP contribution in [-0.4, -0.2) is 57.3 Å². The van der Waals surface area contributed by atoms with Gasteiger partial charge >= 0.3 is 0 Å². The fourth-order valence-corrected chi connectivity index (χ4v) is 6.52. The van der Waals surface area contributed by atoms with Gasteiger partial charge in [-0.2, -0.15) is 0 Å². The summed E-state index contributed by atoms with van der Waals surface area (Å²) in [5.74, 6) is -0.581. The highest BCUT2D eigenvalue weighted by atomic mass is 16.3. The van der Waals surface area contributed by atoms with Crippen molar-refractivity contribution in [3.8, 4) is 0 Å². The summed E-state index contributed by atoms with van der Waals surface area (Å²) in [6.07, 6.45) is 35.5. The molecule has 0 bridgehead atoms. The summed E-state index contributed by atoms with van der Waals surface area (Å²) in [4.78, 5) is 12.5. The fraction of sp³-hybridized carbons (Fsp3) is 0.975. The number of rotatable bonds is 37. The molecular formula is C40H81NO5. The van der Waals surface area contributed by atoms with Crippen LogP contribution in [0.4, 0.5) is 0 Å². The minimum atomic E-state index is -1.25. The third-order valence-corrected chi connectivity index (χ3v) is 9.82. The molecule has 0 aromatic heterocycles. The Morgan fingerprint density at radius 2 is 0.739 bits per heavy atom. The second-order valence-corrected chi connectivity index (χ2v) is 14.3. The zero-order chi connectivity index (χ0) is 33.9. The summed E-state index contributed by atoms with van der Waals surface area (Å²) in [6, 6.07) is -0.977. The highest BCUT2D eigenvalue weighted by molar-refractivity contribution is 5.80. The van der Waals surface area contributed by atoms with Crippen LogP contribution in [0.3, 0.4) is 0 Å². The molecule has 0 heterocycles. The van der Waals surface area contributed by atoms with Crippen LogP contribution in [0, 0.1) is 0 Å². The molecule has 0 spiro atoms. The predicted molar refractivity (Wildman–Crippen MR) is 196 cm³/mol. The molecule has 0 radical (unpaired) electrons. The van der Waals surface area contributed by atoms with Gasteiger partial charge in [-0.15, -0.1) is 0 Å². The predicted octanol–water partition coefficient (Wildman–Crippen LogP) is 10.1. The van der Waals surface area contributed by atoms with Gasteiger partial charge in [-0.25, -0.2) is 0 Å². The number of hydrogen-bond donors (Lipinski definition) is 5. The molecule has 4 unspecified atom stereocenters. The van der Waals surface area contributed by atoms with Crippen LogP contribution in [0.25, 0.3) is 0 Å². The third-order valence-electron chi connectivity index (χ3n) is 9.82. The zero-order valence-electron chi connectivity index (χ0n) is 30.8. The Morgan fingerprint density at radius 3 is 1.04 bits per heavy atom. The average molecular weight is 656 g/mol. The molecule has 4 atom stereocenters. The number of carbonyl (C=O) groups is 1. The summed E-state index contributed by atoms with van der Waals surface area (Å²) >= 11 is 0. The van der Waals surface area contributed by atoms with Crippen LogP contribution in [-0.2, 0) is 4.79 Å². The van der Waals surface area contributed by atoms with E-state index in [0.717, 1.165) is 38.5 Å². The molecule has 5 N–H and O–H groups in total. The Bertz CT molecular complexity index is 618. The summed E-state index contributed by atoms with van der Waals surface area (Å²) in [6.45, 7) is 4.05. The Labute approximate surface area is 286 Å². The molecular weight excluding hydrogens is 574 g/mol. The van der Waals surface area contributed by atoms with Gasteiger partial charge in [0.15, 0.2) is 0 Å². The van der Waals surface area contributed by atoms with Crippen molar-refractivity contribution in [2.45, 2.75) is 244 Å². The Morgan fingerprint density at radius 1 is 0.457 bits per heavy atom. The highest BCUT2D eigenvalue weighted by Gasteiger charge is 2.28. The van der Waals surface area contributed by atoms with Gasteiger partial charge in [0.05, 0.1) is 18.8 Å². The molecule has 0 saturated heterocycles. The van der Waals surface area contributed by atoms with Crippen LogP contribution >= 0.6 is 0 Å². The maximum Gasteiger partial charge on any atom is 0.249 e. The van der Waals surface area contributed by atoms with E-state index < -0.39 is 36.9 Å². The second kappa shape index (κ2) is 35.6. The largest absolute Gasteiger partial charge is 0.394 e. The number of carbonyl (C=O) groups excluding carboxylic acids is 1. The van der Waals surface area contributed by atoms with Crippen molar-refractivity contribution in [1.29, 1.82) is 0 Å². The van der Waals surface area contributed by atoms with E-state index in [1.807, 2.05) is 0 Å². The van der Waals surface area contributed by atoms with E-state index in [-0.39, 0.29) is 0 Å². The molecule has 0 aliphatic rings. The van der Waals surface area contributed by atoms with Crippen molar-refractivity contribution in [2.24, 2.45) is 0 Å². The first-order valence-corrected chi connectivity index (χ1v) is 20.4. The first kappa shape index (κ1) is 45.3. The van der Waals surface area contributed by atoms with Gasteiger partial charge in [0.2, 0.25) is 5.91 Å². The van der Waals surface area contributed by atoms with Crippen molar-refractivity contribution in [3.63, 3.8) is 0 Å². The smallest absolute Gasteiger partial charge is 0.249 e. The Hall–Kier alpha value is -0.690. The summed E-state index contributed by atoms with van der Waals surface area (Å²) < 4.78 is 0. The number of aliphatic hydroxyl groups is 4. The van der Waals surface area contributed by atoms with Gasteiger partial charge in [0.25, 0.3) is 0 Å². The van der Waals surface area contributed by atoms with Gasteiger partial charge in [0, 0.05) is 0 Å². The van der Waals surface area contributed by atoms with E-state index in [0.29, 0.717) is 12.8 Å². The van der Waals surface area contributed by atoms with Gasteiger partial charge in [0.1, 0.15) is 12.2 Å². The molecule has 0 aliphatic heterocycles. The second-order valence-electron chi connectivity index (χ2n) is 14.3. The van der Waals surface area contributed by atoms with Crippen molar-refractivity contribution in [3.05, 3.63) is 0 Å². The van der Waals surface area contributed by atoms with E-state index in [2.05, 4.69) is 19.2 Å². The molecule has 6 nitrogen and oxygen atoms in total. The molecule has 0 saturated carbocycles. The van der Waals surface area contributed by atoms with Crippen LogP contribution in [0.2, 0.25) is 0 Å². The number of nitrogens with one attached hydrogen (secondary N) is 1. The molecule has 0 fully saturated rings. The molecule has 1 amide bonds. The lowest BCUT2D eigenvalue weighted by atomic mass is 9.99. The van der Waals surface area contributed by atoms with Crippen molar-refractivity contribution in [1.82, 2.24) is 5.32 Å². The molecule has 46 heavy (non-hydrogen) atoms. The lowest BCUT2D eigenvalue weighted by Gasteiger charge is -2.27. The number of unbranched alkanes of at least 4 members (excludes halogenated alkanes) is 28. The van der Waals surface area contributed by atoms with Crippen molar-refractivity contribution in [2.75, 3.05) is 6.61 Å². The lowest BCUT2D eigenvalue weighted by molar-refractivity contribution is -0.132. The monoisotopic (exact) mass is 656 g/mol. The van der Waals surface area contributed by atoms with Gasteiger partial charge in [-0.1, -0.05) is 206 Å². The minimum absolute atomic E-state index is 0.375. The summed E-state index contributed by atoms with van der Waals surface area (Å²) in [5.41, 5.74) is 0. The normalized spacial score (nSPS) is 14.3. The molecule has 0 rings (SSSR count). The first-order chi connectivity index (χ1) is 22.5. The number of hydrogen-bond acceptors (Lipinski definition) is 5. The number of aliphatic hydroxyl groups excluding tert-OH is 4. The molecule has 0 aromatic rings. The molecule has 0 aromatic carbocycles. The molecule has 0 aliphatic carbocycles. The highest BCUT2D eigenvalue weighted by Crippen LogP contribution is 2.17. The summed E-state index contributed by atoms with van der Waals surface area (Å²) in [7, 11) is 0. The van der Waals surface area contributed by atoms with E-state index >= 15 is 0 Å². The average Bonchev–Trinajstić information content (AvgIpc) is 3.06. The first-order valence-electron chi connectivity index (χ1n) is 20.4. The minimum Gasteiger partial charge on any atom is -0.394 e. The van der Waals surface area contributed by atoms with E-state index in [9.17, 15) is 25.2 Å². The van der Waals surface area contributed by atoms with Gasteiger partial charge in [-0.05, 0) is 12.8 Å². The standard InChI is InChI=1S/C40H81NO5/c1-3-5-7-9-11-13-15-17-19-21-23-25-27-29-31-33-37(43)39(45)36(35-42)41-40(46)38(44)34-32-30-28-26-24-22-20-18-16-14-12-10-8-6-4-2/h36-39,42-45H,3-35H2,1-2H3,(H,41,46).